The highest BCUT2D eigenvalue weighted by molar-refractivity contribution is 6.35. The summed E-state index contributed by atoms with van der Waals surface area (Å²) in [5.74, 6) is 0. The van der Waals surface area contributed by atoms with Crippen LogP contribution in [0.25, 0.3) is 0 Å². The lowest BCUT2D eigenvalue weighted by Crippen LogP contribution is -2.36. The van der Waals surface area contributed by atoms with Gasteiger partial charge in [0.15, 0.2) is 0 Å². The van der Waals surface area contributed by atoms with Crippen molar-refractivity contribution in [1.29, 1.82) is 0 Å². The van der Waals surface area contributed by atoms with Crippen LogP contribution in [0.5, 0.6) is 0 Å². The van der Waals surface area contributed by atoms with E-state index in [1.807, 2.05) is 18.2 Å². The molecule has 1 unspecified atom stereocenters. The molecular formula is C17H17Cl2N. The van der Waals surface area contributed by atoms with E-state index in [2.05, 4.69) is 24.3 Å². The van der Waals surface area contributed by atoms with Crippen LogP contribution in [0.4, 0.5) is 0 Å². The predicted octanol–water partition coefficient (Wildman–Crippen LogP) is 4.60. The van der Waals surface area contributed by atoms with Crippen molar-refractivity contribution in [2.24, 2.45) is 5.73 Å². The highest BCUT2D eigenvalue weighted by Gasteiger charge is 2.48. The molecule has 2 N–H and O–H groups in total. The summed E-state index contributed by atoms with van der Waals surface area (Å²) in [5, 5.41) is 1.37. The van der Waals surface area contributed by atoms with Crippen LogP contribution >= 0.6 is 23.2 Å². The van der Waals surface area contributed by atoms with E-state index in [1.165, 1.54) is 5.56 Å². The summed E-state index contributed by atoms with van der Waals surface area (Å²) in [7, 11) is 0. The summed E-state index contributed by atoms with van der Waals surface area (Å²) in [5.41, 5.74) is 9.04. The molecule has 20 heavy (non-hydrogen) atoms. The predicted molar refractivity (Wildman–Crippen MR) is 85.5 cm³/mol. The molecule has 3 rings (SSSR count). The first-order chi connectivity index (χ1) is 9.62. The zero-order valence-electron chi connectivity index (χ0n) is 11.2. The van der Waals surface area contributed by atoms with Gasteiger partial charge in [0.05, 0.1) is 0 Å². The van der Waals surface area contributed by atoms with E-state index in [0.29, 0.717) is 10.0 Å². The van der Waals surface area contributed by atoms with E-state index in [-0.39, 0.29) is 11.5 Å². The third kappa shape index (κ3) is 2.58. The Kier molecular flexibility index (Phi) is 3.76. The SMILES string of the molecule is NC(Cc1ccc(Cl)cc1Cl)C1(c2ccccc2)CC1. The van der Waals surface area contributed by atoms with Crippen LogP contribution in [0.2, 0.25) is 10.0 Å². The van der Waals surface area contributed by atoms with Crippen LogP contribution in [-0.4, -0.2) is 6.04 Å². The van der Waals surface area contributed by atoms with Gasteiger partial charge in [-0.1, -0.05) is 59.6 Å². The number of benzene rings is 2. The number of hydrogen-bond donors (Lipinski definition) is 1. The fourth-order valence-electron chi connectivity index (χ4n) is 2.90. The average molecular weight is 306 g/mol. The molecule has 3 heteroatoms. The first kappa shape index (κ1) is 13.9. The van der Waals surface area contributed by atoms with Crippen LogP contribution in [0, 0.1) is 0 Å². The van der Waals surface area contributed by atoms with E-state index >= 15 is 0 Å². The van der Waals surface area contributed by atoms with Gasteiger partial charge < -0.3 is 5.73 Å². The molecule has 0 radical (unpaired) electrons. The second-order valence-corrected chi connectivity index (χ2v) is 6.41. The molecule has 0 amide bonds. The van der Waals surface area contributed by atoms with Gasteiger partial charge in [-0.3, -0.25) is 0 Å². The molecule has 0 heterocycles. The smallest absolute Gasteiger partial charge is 0.0453 e. The van der Waals surface area contributed by atoms with Crippen molar-refractivity contribution < 1.29 is 0 Å². The second-order valence-electron chi connectivity index (χ2n) is 5.57. The standard InChI is InChI=1S/C17H17Cl2N/c18-14-7-6-12(15(19)11-14)10-16(20)17(8-9-17)13-4-2-1-3-5-13/h1-7,11,16H,8-10,20H2. The van der Waals surface area contributed by atoms with Gasteiger partial charge in [-0.2, -0.15) is 0 Å². The third-order valence-electron chi connectivity index (χ3n) is 4.30. The minimum absolute atomic E-state index is 0.0866. The van der Waals surface area contributed by atoms with Crippen LogP contribution in [0.1, 0.15) is 24.0 Å². The summed E-state index contributed by atoms with van der Waals surface area (Å²) >= 11 is 12.2. The third-order valence-corrected chi connectivity index (χ3v) is 4.89. The van der Waals surface area contributed by atoms with Crippen molar-refractivity contribution in [2.45, 2.75) is 30.7 Å². The van der Waals surface area contributed by atoms with Gasteiger partial charge >= 0.3 is 0 Å². The zero-order chi connectivity index (χ0) is 14.2. The van der Waals surface area contributed by atoms with Gasteiger partial charge in [-0.05, 0) is 42.5 Å². The molecule has 1 aliphatic carbocycles. The van der Waals surface area contributed by atoms with E-state index in [1.54, 1.807) is 6.07 Å². The van der Waals surface area contributed by atoms with E-state index in [9.17, 15) is 0 Å². The quantitative estimate of drug-likeness (QED) is 0.878. The Morgan fingerprint density at radius 1 is 1.05 bits per heavy atom. The lowest BCUT2D eigenvalue weighted by atomic mass is 9.85. The Bertz CT molecular complexity index is 606. The fourth-order valence-corrected chi connectivity index (χ4v) is 3.38. The Hall–Kier alpha value is -1.02. The van der Waals surface area contributed by atoms with Crippen molar-refractivity contribution in [3.8, 4) is 0 Å². The van der Waals surface area contributed by atoms with Crippen molar-refractivity contribution in [1.82, 2.24) is 0 Å². The molecule has 0 spiro atoms. The first-order valence-corrected chi connectivity index (χ1v) is 7.62. The molecule has 1 saturated carbocycles. The van der Waals surface area contributed by atoms with Crippen LogP contribution in [0.3, 0.4) is 0 Å². The summed E-state index contributed by atoms with van der Waals surface area (Å²) in [4.78, 5) is 0. The lowest BCUT2D eigenvalue weighted by molar-refractivity contribution is 0.514. The van der Waals surface area contributed by atoms with Crippen molar-refractivity contribution in [3.63, 3.8) is 0 Å². The molecule has 0 bridgehead atoms. The average Bonchev–Trinajstić information content (AvgIpc) is 3.24. The van der Waals surface area contributed by atoms with E-state index in [0.717, 1.165) is 24.8 Å². The van der Waals surface area contributed by atoms with E-state index in [4.69, 9.17) is 28.9 Å². The molecule has 0 aliphatic heterocycles. The van der Waals surface area contributed by atoms with Crippen molar-refractivity contribution in [3.05, 3.63) is 69.7 Å². The van der Waals surface area contributed by atoms with Gasteiger partial charge in [0.1, 0.15) is 0 Å². The van der Waals surface area contributed by atoms with Crippen molar-refractivity contribution >= 4 is 23.2 Å². The Labute approximate surface area is 129 Å². The lowest BCUT2D eigenvalue weighted by Gasteiger charge is -2.24. The summed E-state index contributed by atoms with van der Waals surface area (Å²) in [6, 6.07) is 16.3. The van der Waals surface area contributed by atoms with Crippen LogP contribution in [-0.2, 0) is 11.8 Å². The molecule has 2 aromatic carbocycles. The molecule has 1 aliphatic rings. The normalized spacial score (nSPS) is 17.8. The first-order valence-electron chi connectivity index (χ1n) is 6.87. The maximum Gasteiger partial charge on any atom is 0.0453 e. The summed E-state index contributed by atoms with van der Waals surface area (Å²) in [6.07, 6.45) is 3.09. The van der Waals surface area contributed by atoms with Gasteiger partial charge in [-0.25, -0.2) is 0 Å². The van der Waals surface area contributed by atoms with Gasteiger partial charge in [0, 0.05) is 21.5 Å². The minimum atomic E-state index is 0.0866. The highest BCUT2D eigenvalue weighted by atomic mass is 35.5. The molecule has 104 valence electrons. The molecule has 2 aromatic rings. The van der Waals surface area contributed by atoms with Gasteiger partial charge in [0.25, 0.3) is 0 Å². The summed E-state index contributed by atoms with van der Waals surface area (Å²) < 4.78 is 0. The minimum Gasteiger partial charge on any atom is -0.327 e. The number of nitrogens with two attached hydrogens (primary N) is 1. The number of halogens is 2. The Morgan fingerprint density at radius 3 is 2.35 bits per heavy atom. The van der Waals surface area contributed by atoms with Crippen LogP contribution in [0.15, 0.2) is 48.5 Å². The topological polar surface area (TPSA) is 26.0 Å². The monoisotopic (exact) mass is 305 g/mol. The zero-order valence-corrected chi connectivity index (χ0v) is 12.7. The maximum atomic E-state index is 6.49. The molecule has 1 fully saturated rings. The van der Waals surface area contributed by atoms with Crippen molar-refractivity contribution in [2.75, 3.05) is 0 Å². The van der Waals surface area contributed by atoms with Gasteiger partial charge in [0.2, 0.25) is 0 Å². The van der Waals surface area contributed by atoms with E-state index < -0.39 is 0 Å². The van der Waals surface area contributed by atoms with Crippen LogP contribution < -0.4 is 5.73 Å². The molecule has 0 saturated heterocycles. The largest absolute Gasteiger partial charge is 0.327 e. The Morgan fingerprint density at radius 2 is 1.75 bits per heavy atom. The fraction of sp³-hybridized carbons (Fsp3) is 0.294. The van der Waals surface area contributed by atoms with Gasteiger partial charge in [-0.15, -0.1) is 0 Å². The highest BCUT2D eigenvalue weighted by Crippen LogP contribution is 2.51. The maximum absolute atomic E-state index is 6.49. The molecule has 1 nitrogen and oxygen atoms in total. The summed E-state index contributed by atoms with van der Waals surface area (Å²) in [6.45, 7) is 0. The number of rotatable bonds is 4. The molecule has 0 aromatic heterocycles. The number of hydrogen-bond acceptors (Lipinski definition) is 1. The molecule has 1 atom stereocenters. The molecular weight excluding hydrogens is 289 g/mol. The second kappa shape index (κ2) is 5.40. The Balaban J connectivity index is 1.81.